The van der Waals surface area contributed by atoms with Gasteiger partial charge in [-0.1, -0.05) is 210 Å². The van der Waals surface area contributed by atoms with Crippen molar-refractivity contribution in [2.45, 2.75) is 200 Å². The Morgan fingerprint density at radius 1 is 0.421 bits per heavy atom. The lowest BCUT2D eigenvalue weighted by atomic mass is 10.1. The monoisotopic (exact) mass is 1070 g/mol. The number of phosphoric acid groups is 1. The second-order valence-electron chi connectivity index (χ2n) is 19.9. The molecule has 0 spiro atoms. The van der Waals surface area contributed by atoms with Crippen molar-refractivity contribution in [1.29, 1.82) is 0 Å². The first-order valence-electron chi connectivity index (χ1n) is 29.2. The number of carbonyl (C=O) groups excluding carboxylic acids is 2. The van der Waals surface area contributed by atoms with E-state index in [-0.39, 0.29) is 26.1 Å². The normalized spacial score (nSPS) is 14.4. The van der Waals surface area contributed by atoms with Gasteiger partial charge in [0.05, 0.1) is 27.7 Å². The van der Waals surface area contributed by atoms with E-state index in [0.717, 1.165) is 128 Å². The molecule has 0 aliphatic carbocycles. The van der Waals surface area contributed by atoms with Gasteiger partial charge in [-0.05, 0) is 128 Å². The van der Waals surface area contributed by atoms with E-state index in [9.17, 15) is 19.0 Å². The van der Waals surface area contributed by atoms with Crippen molar-refractivity contribution in [3.63, 3.8) is 0 Å². The molecule has 0 aliphatic heterocycles. The Kier molecular flexibility index (Phi) is 52.2. The molecule has 0 fully saturated rings. The quantitative estimate of drug-likeness (QED) is 0.0211. The van der Waals surface area contributed by atoms with Crippen molar-refractivity contribution in [2.75, 3.05) is 47.5 Å². The van der Waals surface area contributed by atoms with Crippen LogP contribution in [0.2, 0.25) is 0 Å². The Balaban J connectivity index is 4.34. The zero-order valence-corrected chi connectivity index (χ0v) is 49.3. The van der Waals surface area contributed by atoms with Gasteiger partial charge in [0.15, 0.2) is 6.10 Å². The predicted octanol–water partition coefficient (Wildman–Crippen LogP) is 18.5. The summed E-state index contributed by atoms with van der Waals surface area (Å²) in [7, 11) is 1.41. The van der Waals surface area contributed by atoms with Gasteiger partial charge >= 0.3 is 19.8 Å². The predicted molar refractivity (Wildman–Crippen MR) is 325 cm³/mol. The second-order valence-corrected chi connectivity index (χ2v) is 21.4. The van der Waals surface area contributed by atoms with Crippen molar-refractivity contribution in [3.8, 4) is 0 Å². The topological polar surface area (TPSA) is 108 Å². The SMILES string of the molecule is CC/C=C\C/C=C\C/C=C\C/C=C\C/C=C\C/C=C\C/C=C\C/C=C\C/C=C\C/C=C\CCCCC(=O)OC(COC(=O)CCCCCCCC/C=C\C/C=C\C/C=C\CCCCC)COP(=O)(O)OCC[N+](C)(C)C. The van der Waals surface area contributed by atoms with Crippen molar-refractivity contribution in [1.82, 2.24) is 0 Å². The standard InChI is InChI=1S/C66H106NO8P/c1-6-8-10-12-14-16-18-20-22-24-26-27-28-29-30-31-32-33-34-35-36-37-38-39-41-43-45-47-49-51-53-55-57-59-66(69)75-64(63-74-76(70,71)73-61-60-67(3,4)5)62-72-65(68)58-56-54-52-50-48-46-44-42-40-25-23-21-19-17-15-13-11-9-7-2/h8,10,14-17,20-23,26-27,29-30,32-33,35-36,38-40,42-43,45,49,51,64H,6-7,9,11-13,18-19,24-25,28,31,34,37,41,44,46-48,50,52-63H2,1-5H3/p+1/b10-8-,16-14-,17-15-,22-20-,23-21-,27-26-,30-29-,33-32-,36-35-,39-38-,42-40-,45-43-,51-49-. The van der Waals surface area contributed by atoms with Crippen LogP contribution in [-0.4, -0.2) is 74.9 Å². The van der Waals surface area contributed by atoms with Gasteiger partial charge < -0.3 is 18.9 Å². The molecule has 0 saturated carbocycles. The number of ether oxygens (including phenoxy) is 2. The molecule has 2 unspecified atom stereocenters. The number of carbonyl (C=O) groups is 2. The highest BCUT2D eigenvalue weighted by Crippen LogP contribution is 2.43. The zero-order valence-electron chi connectivity index (χ0n) is 48.4. The van der Waals surface area contributed by atoms with Crippen LogP contribution in [-0.2, 0) is 32.7 Å². The lowest BCUT2D eigenvalue weighted by Crippen LogP contribution is -2.37. The molecule has 0 aliphatic rings. The van der Waals surface area contributed by atoms with Crippen LogP contribution in [0.25, 0.3) is 0 Å². The van der Waals surface area contributed by atoms with Crippen molar-refractivity contribution in [2.24, 2.45) is 0 Å². The molecule has 10 heteroatoms. The van der Waals surface area contributed by atoms with E-state index >= 15 is 0 Å². The fourth-order valence-corrected chi connectivity index (χ4v) is 7.79. The number of quaternary nitrogens is 1. The highest BCUT2D eigenvalue weighted by Gasteiger charge is 2.27. The van der Waals surface area contributed by atoms with E-state index in [1.54, 1.807) is 0 Å². The Hall–Kier alpha value is -4.37. The molecule has 1 N–H and O–H groups in total. The van der Waals surface area contributed by atoms with Crippen LogP contribution in [0.1, 0.15) is 194 Å². The summed E-state index contributed by atoms with van der Waals surface area (Å²) in [6.07, 6.45) is 83.1. The average molecular weight is 1070 g/mol. The number of hydrogen-bond acceptors (Lipinski definition) is 7. The molecule has 428 valence electrons. The van der Waals surface area contributed by atoms with E-state index in [4.69, 9.17) is 18.5 Å². The third kappa shape index (κ3) is 58.9. The van der Waals surface area contributed by atoms with Gasteiger partial charge in [-0.2, -0.15) is 0 Å². The van der Waals surface area contributed by atoms with Gasteiger partial charge in [0.2, 0.25) is 0 Å². The first-order valence-corrected chi connectivity index (χ1v) is 30.7. The minimum atomic E-state index is -4.41. The number of nitrogens with zero attached hydrogens (tertiary/aromatic N) is 1. The van der Waals surface area contributed by atoms with Crippen molar-refractivity contribution in [3.05, 3.63) is 158 Å². The van der Waals surface area contributed by atoms with Gasteiger partial charge in [-0.3, -0.25) is 18.6 Å². The summed E-state index contributed by atoms with van der Waals surface area (Å²) in [4.78, 5) is 35.7. The Labute approximate surface area is 465 Å². The van der Waals surface area contributed by atoms with Crippen LogP contribution in [0.5, 0.6) is 0 Å². The van der Waals surface area contributed by atoms with Gasteiger partial charge in [0, 0.05) is 12.8 Å². The number of esters is 2. The van der Waals surface area contributed by atoms with Gasteiger partial charge in [-0.15, -0.1) is 0 Å². The van der Waals surface area contributed by atoms with E-state index in [0.29, 0.717) is 23.9 Å². The summed E-state index contributed by atoms with van der Waals surface area (Å²) in [6, 6.07) is 0. The van der Waals surface area contributed by atoms with Crippen LogP contribution in [0, 0.1) is 0 Å². The van der Waals surface area contributed by atoms with E-state index in [2.05, 4.69) is 172 Å². The van der Waals surface area contributed by atoms with E-state index in [1.165, 1.54) is 25.7 Å². The molecule has 0 aromatic rings. The maximum atomic E-state index is 12.8. The van der Waals surface area contributed by atoms with E-state index < -0.39 is 32.5 Å². The fraction of sp³-hybridized carbons (Fsp3) is 0.576. The number of phosphoric ester groups is 1. The summed E-state index contributed by atoms with van der Waals surface area (Å²) in [5.74, 6) is -0.878. The van der Waals surface area contributed by atoms with Crippen LogP contribution in [0.15, 0.2) is 158 Å². The summed E-state index contributed by atoms with van der Waals surface area (Å²) in [5, 5.41) is 0. The molecule has 0 aromatic heterocycles. The molecule has 0 heterocycles. The smallest absolute Gasteiger partial charge is 0.462 e. The molecule has 0 aromatic carbocycles. The molecule has 76 heavy (non-hydrogen) atoms. The lowest BCUT2D eigenvalue weighted by molar-refractivity contribution is -0.870. The fourth-order valence-electron chi connectivity index (χ4n) is 7.05. The van der Waals surface area contributed by atoms with Crippen LogP contribution >= 0.6 is 7.82 Å². The minimum absolute atomic E-state index is 0.0111. The van der Waals surface area contributed by atoms with Gasteiger partial charge in [-0.25, -0.2) is 4.57 Å². The van der Waals surface area contributed by atoms with Crippen molar-refractivity contribution < 1.29 is 42.1 Å². The molecule has 0 saturated heterocycles. The van der Waals surface area contributed by atoms with Gasteiger partial charge in [0.1, 0.15) is 19.8 Å². The first-order chi connectivity index (χ1) is 37.0. The third-order valence-electron chi connectivity index (χ3n) is 11.5. The Morgan fingerprint density at radius 2 is 0.750 bits per heavy atom. The van der Waals surface area contributed by atoms with E-state index in [1.807, 2.05) is 21.1 Å². The number of rotatable bonds is 51. The number of hydrogen-bond donors (Lipinski definition) is 1. The molecule has 2 atom stereocenters. The van der Waals surface area contributed by atoms with Crippen LogP contribution < -0.4 is 0 Å². The zero-order chi connectivity index (χ0) is 55.6. The summed E-state index contributed by atoms with van der Waals surface area (Å²) in [6.45, 7) is 4.19. The molecule has 0 radical (unpaired) electrons. The highest BCUT2D eigenvalue weighted by atomic mass is 31.2. The van der Waals surface area contributed by atoms with Crippen molar-refractivity contribution >= 4 is 19.8 Å². The van der Waals surface area contributed by atoms with Crippen LogP contribution in [0.4, 0.5) is 0 Å². The molecular weight excluding hydrogens is 966 g/mol. The maximum absolute atomic E-state index is 12.8. The number of unbranched alkanes of at least 4 members (excludes halogenated alkanes) is 11. The summed E-state index contributed by atoms with van der Waals surface area (Å²) < 4.78 is 34.5. The third-order valence-corrected chi connectivity index (χ3v) is 12.5. The Bertz CT molecular complexity index is 1840. The van der Waals surface area contributed by atoms with Gasteiger partial charge in [0.25, 0.3) is 0 Å². The average Bonchev–Trinajstić information content (AvgIpc) is 3.38. The summed E-state index contributed by atoms with van der Waals surface area (Å²) in [5.41, 5.74) is 0. The molecule has 0 amide bonds. The second kappa shape index (κ2) is 55.4. The highest BCUT2D eigenvalue weighted by molar-refractivity contribution is 7.47. The minimum Gasteiger partial charge on any atom is -0.462 e. The summed E-state index contributed by atoms with van der Waals surface area (Å²) >= 11 is 0. The maximum Gasteiger partial charge on any atom is 0.472 e. The number of likely N-dealkylation sites (N-methyl/N-ethyl adjacent to an activating group) is 1. The molecule has 0 rings (SSSR count). The number of allylic oxidation sites excluding steroid dienone is 26. The largest absolute Gasteiger partial charge is 0.472 e. The lowest BCUT2D eigenvalue weighted by Gasteiger charge is -2.24. The molecule has 0 bridgehead atoms. The van der Waals surface area contributed by atoms with Crippen LogP contribution in [0.3, 0.4) is 0 Å². The Morgan fingerprint density at radius 3 is 1.14 bits per heavy atom. The first kappa shape index (κ1) is 71.6. The molecule has 9 nitrogen and oxygen atoms in total. The molecular formula is C66H107NO8P+.